The monoisotopic (exact) mass is 495 g/mol. The van der Waals surface area contributed by atoms with Crippen LogP contribution in [0.3, 0.4) is 0 Å². The van der Waals surface area contributed by atoms with Gasteiger partial charge in [-0.05, 0) is 38.8 Å². The molecule has 0 saturated heterocycles. The number of carboxylic acid groups (broad SMARTS) is 1. The molecule has 0 bridgehead atoms. The summed E-state index contributed by atoms with van der Waals surface area (Å²) in [6.07, 6.45) is -1.09. The fourth-order valence-corrected chi connectivity index (χ4v) is 3.27. The minimum Gasteiger partial charge on any atom is -0.480 e. The Morgan fingerprint density at radius 3 is 1.94 bits per heavy atom. The van der Waals surface area contributed by atoms with E-state index in [1.807, 2.05) is 0 Å². The molecule has 3 amide bonds. The van der Waals surface area contributed by atoms with Crippen LogP contribution in [0.25, 0.3) is 0 Å². The third kappa shape index (κ3) is 10.4. The molecule has 1 aromatic carbocycles. The molecule has 0 aliphatic heterocycles. The Hall–Kier alpha value is -3.06. The largest absolute Gasteiger partial charge is 0.480 e. The SMILES string of the molecule is CC(O)C(NC(=O)C(Cc1ccccc1)NC(=O)C(NC(=O)C(N)CCCCN)C(C)O)C(=O)O. The smallest absolute Gasteiger partial charge is 0.328 e. The van der Waals surface area contributed by atoms with Crippen molar-refractivity contribution < 1.29 is 34.5 Å². The van der Waals surface area contributed by atoms with Crippen LogP contribution in [0.4, 0.5) is 0 Å². The molecule has 0 fully saturated rings. The highest BCUT2D eigenvalue weighted by atomic mass is 16.4. The van der Waals surface area contributed by atoms with Gasteiger partial charge in [-0.1, -0.05) is 36.8 Å². The Balaban J connectivity index is 3.02. The maximum absolute atomic E-state index is 13.0. The number of carbonyl (C=O) groups excluding carboxylic acids is 3. The third-order valence-corrected chi connectivity index (χ3v) is 5.33. The first-order valence-electron chi connectivity index (χ1n) is 11.5. The quantitative estimate of drug-likeness (QED) is 0.126. The number of amides is 3. The molecule has 0 aromatic heterocycles. The van der Waals surface area contributed by atoms with Gasteiger partial charge < -0.3 is 42.7 Å². The van der Waals surface area contributed by atoms with Gasteiger partial charge >= 0.3 is 5.97 Å². The number of nitrogens with one attached hydrogen (secondary N) is 3. The minimum atomic E-state index is -1.60. The number of carboxylic acids is 1. The predicted molar refractivity (Wildman–Crippen MR) is 128 cm³/mol. The van der Waals surface area contributed by atoms with Gasteiger partial charge in [0.1, 0.15) is 12.1 Å². The van der Waals surface area contributed by atoms with Gasteiger partial charge in [0.05, 0.1) is 18.2 Å². The van der Waals surface area contributed by atoms with Crippen molar-refractivity contribution in [2.45, 2.75) is 75.9 Å². The van der Waals surface area contributed by atoms with Crippen LogP contribution in [-0.4, -0.2) is 81.9 Å². The molecule has 12 nitrogen and oxygen atoms in total. The van der Waals surface area contributed by atoms with Crippen LogP contribution < -0.4 is 27.4 Å². The Bertz CT molecular complexity index is 835. The van der Waals surface area contributed by atoms with Crippen molar-refractivity contribution in [3.8, 4) is 0 Å². The van der Waals surface area contributed by atoms with E-state index in [0.717, 1.165) is 0 Å². The number of benzene rings is 1. The Labute approximate surface area is 204 Å². The number of rotatable bonds is 15. The number of carbonyl (C=O) groups is 4. The van der Waals surface area contributed by atoms with Gasteiger partial charge in [-0.2, -0.15) is 0 Å². The number of aliphatic hydroxyl groups excluding tert-OH is 2. The summed E-state index contributed by atoms with van der Waals surface area (Å²) in [4.78, 5) is 49.7. The van der Waals surface area contributed by atoms with Crippen molar-refractivity contribution in [3.05, 3.63) is 35.9 Å². The molecule has 6 unspecified atom stereocenters. The van der Waals surface area contributed by atoms with Crippen molar-refractivity contribution in [1.82, 2.24) is 16.0 Å². The predicted octanol–water partition coefficient (Wildman–Crippen LogP) is -2.01. The van der Waals surface area contributed by atoms with Crippen LogP contribution in [0.2, 0.25) is 0 Å². The van der Waals surface area contributed by atoms with Crippen LogP contribution in [0.15, 0.2) is 30.3 Å². The fourth-order valence-electron chi connectivity index (χ4n) is 3.27. The van der Waals surface area contributed by atoms with E-state index < -0.39 is 60.1 Å². The van der Waals surface area contributed by atoms with Crippen LogP contribution in [0, 0.1) is 0 Å². The average Bonchev–Trinajstić information content (AvgIpc) is 2.80. The number of hydrogen-bond acceptors (Lipinski definition) is 8. The highest BCUT2D eigenvalue weighted by Gasteiger charge is 2.33. The molecule has 0 saturated carbocycles. The number of aliphatic hydroxyl groups is 2. The Kier molecular flexibility index (Phi) is 12.9. The summed E-state index contributed by atoms with van der Waals surface area (Å²) >= 11 is 0. The molecule has 10 N–H and O–H groups in total. The van der Waals surface area contributed by atoms with E-state index in [1.54, 1.807) is 30.3 Å². The first-order valence-corrected chi connectivity index (χ1v) is 11.5. The molecule has 196 valence electrons. The highest BCUT2D eigenvalue weighted by Crippen LogP contribution is 2.07. The Morgan fingerprint density at radius 2 is 1.43 bits per heavy atom. The number of aliphatic carboxylic acids is 1. The summed E-state index contributed by atoms with van der Waals surface area (Å²) in [5.74, 6) is -3.81. The van der Waals surface area contributed by atoms with Crippen LogP contribution >= 0.6 is 0 Å². The van der Waals surface area contributed by atoms with E-state index in [1.165, 1.54) is 13.8 Å². The van der Waals surface area contributed by atoms with Crippen molar-refractivity contribution in [3.63, 3.8) is 0 Å². The van der Waals surface area contributed by atoms with Crippen molar-refractivity contribution in [2.75, 3.05) is 6.54 Å². The highest BCUT2D eigenvalue weighted by molar-refractivity contribution is 5.94. The van der Waals surface area contributed by atoms with Crippen molar-refractivity contribution >= 4 is 23.7 Å². The maximum atomic E-state index is 13.0. The molecular formula is C23H37N5O7. The number of hydrogen-bond donors (Lipinski definition) is 8. The lowest BCUT2D eigenvalue weighted by Crippen LogP contribution is -2.60. The lowest BCUT2D eigenvalue weighted by atomic mass is 10.0. The van der Waals surface area contributed by atoms with E-state index >= 15 is 0 Å². The molecular weight excluding hydrogens is 458 g/mol. The molecule has 12 heteroatoms. The van der Waals surface area contributed by atoms with Gasteiger partial charge in [0.25, 0.3) is 0 Å². The molecule has 0 radical (unpaired) electrons. The van der Waals surface area contributed by atoms with E-state index in [-0.39, 0.29) is 6.42 Å². The van der Waals surface area contributed by atoms with E-state index in [9.17, 15) is 34.5 Å². The molecule has 0 heterocycles. The zero-order chi connectivity index (χ0) is 26.5. The summed E-state index contributed by atoms with van der Waals surface area (Å²) in [6, 6.07) is 3.45. The van der Waals surface area contributed by atoms with Gasteiger partial charge in [0.15, 0.2) is 6.04 Å². The topological polar surface area (TPSA) is 217 Å². The normalized spacial score (nSPS) is 16.2. The molecule has 6 atom stereocenters. The average molecular weight is 496 g/mol. The standard InChI is InChI=1S/C23H37N5O7/c1-13(29)18(27-20(31)16(25)10-6-7-11-24)22(33)26-17(12-15-8-4-3-5-9-15)21(32)28-19(14(2)30)23(34)35/h3-5,8-9,13-14,16-19,29-30H,6-7,10-12,24-25H2,1-2H3,(H,26,33)(H,27,31)(H,28,32)(H,34,35). The van der Waals surface area contributed by atoms with Gasteiger partial charge in [-0.15, -0.1) is 0 Å². The summed E-state index contributed by atoms with van der Waals surface area (Å²) in [6.45, 7) is 2.96. The Morgan fingerprint density at radius 1 is 0.857 bits per heavy atom. The molecule has 0 aliphatic rings. The van der Waals surface area contributed by atoms with Gasteiger partial charge in [0, 0.05) is 6.42 Å². The van der Waals surface area contributed by atoms with Gasteiger partial charge in [-0.3, -0.25) is 14.4 Å². The van der Waals surface area contributed by atoms with Gasteiger partial charge in [0.2, 0.25) is 17.7 Å². The maximum Gasteiger partial charge on any atom is 0.328 e. The first-order chi connectivity index (χ1) is 16.5. The lowest BCUT2D eigenvalue weighted by molar-refractivity contribution is -0.145. The van der Waals surface area contributed by atoms with E-state index in [4.69, 9.17) is 11.5 Å². The second-order valence-electron chi connectivity index (χ2n) is 8.43. The molecule has 0 aliphatic carbocycles. The molecule has 0 spiro atoms. The van der Waals surface area contributed by atoms with E-state index in [0.29, 0.717) is 31.4 Å². The zero-order valence-corrected chi connectivity index (χ0v) is 20.0. The second-order valence-corrected chi connectivity index (χ2v) is 8.43. The van der Waals surface area contributed by atoms with Crippen LogP contribution in [-0.2, 0) is 25.6 Å². The first kappa shape index (κ1) is 30.0. The summed E-state index contributed by atoms with van der Waals surface area (Å²) in [7, 11) is 0. The number of unbranched alkanes of at least 4 members (excludes halogenated alkanes) is 1. The summed E-state index contributed by atoms with van der Waals surface area (Å²) < 4.78 is 0. The second kappa shape index (κ2) is 15.0. The summed E-state index contributed by atoms with van der Waals surface area (Å²) in [5, 5.41) is 36.2. The molecule has 1 aromatic rings. The van der Waals surface area contributed by atoms with Crippen LogP contribution in [0.1, 0.15) is 38.7 Å². The lowest BCUT2D eigenvalue weighted by Gasteiger charge is -2.27. The molecule has 1 rings (SSSR count). The molecule has 35 heavy (non-hydrogen) atoms. The van der Waals surface area contributed by atoms with E-state index in [2.05, 4.69) is 16.0 Å². The van der Waals surface area contributed by atoms with Gasteiger partial charge in [-0.25, -0.2) is 4.79 Å². The summed E-state index contributed by atoms with van der Waals surface area (Å²) in [5.41, 5.74) is 12.0. The van der Waals surface area contributed by atoms with Crippen molar-refractivity contribution in [1.29, 1.82) is 0 Å². The third-order valence-electron chi connectivity index (χ3n) is 5.33. The fraction of sp³-hybridized carbons (Fsp3) is 0.565. The zero-order valence-electron chi connectivity index (χ0n) is 20.0. The van der Waals surface area contributed by atoms with Crippen LogP contribution in [0.5, 0.6) is 0 Å². The minimum absolute atomic E-state index is 0.0103. The number of nitrogens with two attached hydrogens (primary N) is 2. The van der Waals surface area contributed by atoms with Crippen molar-refractivity contribution in [2.24, 2.45) is 11.5 Å².